The normalized spacial score (nSPS) is 16.2. The summed E-state index contributed by atoms with van der Waals surface area (Å²) in [7, 11) is 0. The van der Waals surface area contributed by atoms with E-state index in [0.29, 0.717) is 5.75 Å². The minimum absolute atomic E-state index is 0.138. The second kappa shape index (κ2) is 1.64. The lowest BCUT2D eigenvalue weighted by molar-refractivity contribution is 0.109. The molecule has 2 nitrogen and oxygen atoms in total. The van der Waals surface area contributed by atoms with Gasteiger partial charge in [0.25, 0.3) is 0 Å². The number of furan rings is 1. The van der Waals surface area contributed by atoms with Crippen LogP contribution < -0.4 is 0 Å². The van der Waals surface area contributed by atoms with Crippen LogP contribution in [0.5, 0.6) is 0 Å². The third kappa shape index (κ3) is 0.612. The summed E-state index contributed by atoms with van der Waals surface area (Å²) >= 11 is 1.30. The van der Waals surface area contributed by atoms with Crippen molar-refractivity contribution in [2.45, 2.75) is 5.75 Å². The number of carbonyl (C=O) groups is 1. The predicted octanol–water partition coefficient (Wildman–Crippen LogP) is 1.67. The molecular weight excluding hydrogens is 136 g/mol. The zero-order valence-corrected chi connectivity index (χ0v) is 5.40. The highest BCUT2D eigenvalue weighted by atomic mass is 32.2. The maximum absolute atomic E-state index is 10.8. The van der Waals surface area contributed by atoms with Gasteiger partial charge in [0.1, 0.15) is 5.76 Å². The van der Waals surface area contributed by atoms with Gasteiger partial charge in [0.15, 0.2) is 0 Å². The minimum Gasteiger partial charge on any atom is -0.468 e. The Balaban J connectivity index is 2.61. The van der Waals surface area contributed by atoms with Crippen molar-refractivity contribution in [2.75, 3.05) is 0 Å². The predicted molar refractivity (Wildman–Crippen MR) is 34.3 cm³/mol. The van der Waals surface area contributed by atoms with E-state index in [1.54, 1.807) is 12.3 Å². The second-order valence-electron chi connectivity index (χ2n) is 1.83. The first kappa shape index (κ1) is 5.11. The van der Waals surface area contributed by atoms with Gasteiger partial charge in [0.2, 0.25) is 5.12 Å². The van der Waals surface area contributed by atoms with Gasteiger partial charge in [-0.2, -0.15) is 0 Å². The van der Waals surface area contributed by atoms with Crippen LogP contribution in [0.25, 0.3) is 0 Å². The molecule has 0 atom stereocenters. The number of carbonyl (C=O) groups excluding carboxylic acids is 1. The lowest BCUT2D eigenvalue weighted by Crippen LogP contribution is -1.80. The highest BCUT2D eigenvalue weighted by Crippen LogP contribution is 2.29. The molecule has 3 heteroatoms. The van der Waals surface area contributed by atoms with Crippen molar-refractivity contribution in [3.8, 4) is 0 Å². The average Bonchev–Trinajstić information content (AvgIpc) is 2.35. The Morgan fingerprint density at radius 1 is 1.67 bits per heavy atom. The first-order chi connectivity index (χ1) is 4.38. The Morgan fingerprint density at radius 2 is 2.56 bits per heavy atom. The van der Waals surface area contributed by atoms with Crippen molar-refractivity contribution >= 4 is 16.9 Å². The van der Waals surface area contributed by atoms with E-state index in [1.165, 1.54) is 11.8 Å². The molecule has 0 spiro atoms. The first-order valence-electron chi connectivity index (χ1n) is 2.61. The molecule has 0 aromatic carbocycles. The molecule has 0 saturated carbocycles. The van der Waals surface area contributed by atoms with Crippen molar-refractivity contribution in [1.82, 2.24) is 0 Å². The van der Waals surface area contributed by atoms with Crippen LogP contribution in [0, 0.1) is 0 Å². The van der Waals surface area contributed by atoms with Crippen molar-refractivity contribution in [3.05, 3.63) is 23.7 Å². The van der Waals surface area contributed by atoms with Crippen molar-refractivity contribution in [2.24, 2.45) is 0 Å². The highest BCUT2D eigenvalue weighted by Gasteiger charge is 2.22. The number of hydrogen-bond donors (Lipinski definition) is 0. The van der Waals surface area contributed by atoms with E-state index in [2.05, 4.69) is 0 Å². The molecule has 0 bridgehead atoms. The quantitative estimate of drug-likeness (QED) is 0.549. The highest BCUT2D eigenvalue weighted by molar-refractivity contribution is 8.13. The summed E-state index contributed by atoms with van der Waals surface area (Å²) < 4.78 is 5.00. The van der Waals surface area contributed by atoms with Gasteiger partial charge in [0.05, 0.1) is 17.6 Å². The summed E-state index contributed by atoms with van der Waals surface area (Å²) in [5.74, 6) is 1.53. The van der Waals surface area contributed by atoms with Crippen LogP contribution in [0.2, 0.25) is 0 Å². The molecule has 1 aliphatic rings. The van der Waals surface area contributed by atoms with Crippen LogP contribution in [0.4, 0.5) is 0 Å². The first-order valence-corrected chi connectivity index (χ1v) is 3.60. The summed E-state index contributed by atoms with van der Waals surface area (Å²) in [6.45, 7) is 0. The van der Waals surface area contributed by atoms with Crippen molar-refractivity contribution in [3.63, 3.8) is 0 Å². The minimum atomic E-state index is 0.138. The van der Waals surface area contributed by atoms with E-state index < -0.39 is 0 Å². The van der Waals surface area contributed by atoms with E-state index >= 15 is 0 Å². The Labute approximate surface area is 56.2 Å². The van der Waals surface area contributed by atoms with Crippen LogP contribution in [0.1, 0.15) is 16.1 Å². The second-order valence-corrected chi connectivity index (χ2v) is 2.78. The monoisotopic (exact) mass is 140 g/mol. The SMILES string of the molecule is O=C1SCc2occc21. The third-order valence-electron chi connectivity index (χ3n) is 1.30. The summed E-state index contributed by atoms with van der Waals surface area (Å²) in [6, 6.07) is 1.72. The summed E-state index contributed by atoms with van der Waals surface area (Å²) in [4.78, 5) is 10.8. The average molecular weight is 140 g/mol. The molecule has 1 aromatic rings. The number of thioether (sulfide) groups is 1. The number of hydrogen-bond acceptors (Lipinski definition) is 3. The van der Waals surface area contributed by atoms with E-state index in [1.807, 2.05) is 0 Å². The molecular formula is C6H4O2S. The van der Waals surface area contributed by atoms with Gasteiger partial charge in [-0.05, 0) is 6.07 Å². The molecule has 1 aromatic heterocycles. The van der Waals surface area contributed by atoms with Gasteiger partial charge < -0.3 is 4.42 Å². The Hall–Kier alpha value is -0.700. The molecule has 0 aliphatic carbocycles. The number of rotatable bonds is 0. The van der Waals surface area contributed by atoms with Crippen LogP contribution in [0.3, 0.4) is 0 Å². The molecule has 0 fully saturated rings. The van der Waals surface area contributed by atoms with Crippen molar-refractivity contribution < 1.29 is 9.21 Å². The van der Waals surface area contributed by atoms with Crippen LogP contribution in [-0.4, -0.2) is 5.12 Å². The molecule has 0 saturated heterocycles. The third-order valence-corrected chi connectivity index (χ3v) is 2.19. The molecule has 9 heavy (non-hydrogen) atoms. The van der Waals surface area contributed by atoms with Crippen LogP contribution in [-0.2, 0) is 5.75 Å². The summed E-state index contributed by atoms with van der Waals surface area (Å²) in [6.07, 6.45) is 1.56. The standard InChI is InChI=1S/C6H4O2S/c7-6-4-1-2-8-5(4)3-9-6/h1-2H,3H2. The molecule has 46 valence electrons. The smallest absolute Gasteiger partial charge is 0.223 e. The molecule has 0 amide bonds. The Bertz CT molecular complexity index is 251. The van der Waals surface area contributed by atoms with Crippen LogP contribution in [0.15, 0.2) is 16.7 Å². The maximum atomic E-state index is 10.8. The van der Waals surface area contributed by atoms with Gasteiger partial charge in [-0.25, -0.2) is 0 Å². The molecule has 0 unspecified atom stereocenters. The summed E-state index contributed by atoms with van der Waals surface area (Å²) in [5.41, 5.74) is 0.750. The fraction of sp³-hybridized carbons (Fsp3) is 0.167. The molecule has 0 N–H and O–H groups in total. The zero-order chi connectivity index (χ0) is 6.27. The molecule has 2 rings (SSSR count). The van der Waals surface area contributed by atoms with Crippen LogP contribution >= 0.6 is 11.8 Å². The fourth-order valence-electron chi connectivity index (χ4n) is 0.843. The van der Waals surface area contributed by atoms with E-state index in [0.717, 1.165) is 11.3 Å². The number of fused-ring (bicyclic) bond motifs is 1. The van der Waals surface area contributed by atoms with Crippen molar-refractivity contribution in [1.29, 1.82) is 0 Å². The molecule has 2 heterocycles. The van der Waals surface area contributed by atoms with E-state index in [4.69, 9.17) is 4.42 Å². The Morgan fingerprint density at radius 3 is 3.33 bits per heavy atom. The molecule has 1 aliphatic heterocycles. The van der Waals surface area contributed by atoms with Gasteiger partial charge in [0, 0.05) is 0 Å². The maximum Gasteiger partial charge on any atom is 0.223 e. The lowest BCUT2D eigenvalue weighted by Gasteiger charge is -1.77. The van der Waals surface area contributed by atoms with Gasteiger partial charge in [-0.1, -0.05) is 11.8 Å². The fourth-order valence-corrected chi connectivity index (χ4v) is 1.67. The lowest BCUT2D eigenvalue weighted by atomic mass is 10.3. The Kier molecular flexibility index (Phi) is 0.931. The van der Waals surface area contributed by atoms with Gasteiger partial charge in [-0.15, -0.1) is 0 Å². The largest absolute Gasteiger partial charge is 0.468 e. The summed E-state index contributed by atoms with van der Waals surface area (Å²) in [5, 5.41) is 0.138. The van der Waals surface area contributed by atoms with Gasteiger partial charge in [-0.3, -0.25) is 4.79 Å². The van der Waals surface area contributed by atoms with E-state index in [-0.39, 0.29) is 5.12 Å². The topological polar surface area (TPSA) is 30.2 Å². The van der Waals surface area contributed by atoms with E-state index in [9.17, 15) is 4.79 Å². The van der Waals surface area contributed by atoms with Gasteiger partial charge >= 0.3 is 0 Å². The molecule has 0 radical (unpaired) electrons. The zero-order valence-electron chi connectivity index (χ0n) is 4.59.